The van der Waals surface area contributed by atoms with Crippen LogP contribution in [0.4, 0.5) is 0 Å². The third-order valence-corrected chi connectivity index (χ3v) is 2.83. The van der Waals surface area contributed by atoms with Gasteiger partial charge in [-0.3, -0.25) is 4.68 Å². The van der Waals surface area contributed by atoms with Gasteiger partial charge in [0.15, 0.2) is 0 Å². The number of hydrogen-bond acceptors (Lipinski definition) is 4. The minimum absolute atomic E-state index is 0.745. The molecule has 0 unspecified atom stereocenters. The zero-order valence-electron chi connectivity index (χ0n) is 9.93. The molecular formula is C12H12N6. The van der Waals surface area contributed by atoms with Crippen molar-refractivity contribution in [3.63, 3.8) is 0 Å². The van der Waals surface area contributed by atoms with Crippen LogP contribution in [0.1, 0.15) is 11.1 Å². The molecule has 1 aromatic carbocycles. The fourth-order valence-electron chi connectivity index (χ4n) is 1.80. The second kappa shape index (κ2) is 4.40. The largest absolute Gasteiger partial charge is 0.266 e. The van der Waals surface area contributed by atoms with Gasteiger partial charge >= 0.3 is 0 Å². The molecule has 2 aromatic heterocycles. The molecule has 0 aliphatic rings. The van der Waals surface area contributed by atoms with Crippen LogP contribution in [-0.4, -0.2) is 30.0 Å². The van der Waals surface area contributed by atoms with Crippen LogP contribution < -0.4 is 0 Å². The summed E-state index contributed by atoms with van der Waals surface area (Å²) in [5.41, 5.74) is 3.37. The number of nitrogens with zero attached hydrogens (tertiary/aromatic N) is 6. The number of aryl methyl sites for hydroxylation is 1. The van der Waals surface area contributed by atoms with Crippen molar-refractivity contribution in [2.24, 2.45) is 0 Å². The van der Waals surface area contributed by atoms with Crippen LogP contribution in [0, 0.1) is 6.92 Å². The first kappa shape index (κ1) is 10.6. The fraction of sp³-hybridized carbons (Fsp3) is 0.167. The first-order valence-corrected chi connectivity index (χ1v) is 5.63. The lowest BCUT2D eigenvalue weighted by atomic mass is 10.1. The standard InChI is InChI=1S/C12H12N6/c1-10-4-2-3-5-11(10)7-17-8-12(6-14-17)18-9-13-15-16-18/h2-6,8-9H,7H2,1H3. The molecule has 0 bridgehead atoms. The van der Waals surface area contributed by atoms with Gasteiger partial charge in [-0.1, -0.05) is 24.3 Å². The Kier molecular flexibility index (Phi) is 2.60. The van der Waals surface area contributed by atoms with E-state index in [1.54, 1.807) is 17.2 Å². The third-order valence-electron chi connectivity index (χ3n) is 2.83. The smallest absolute Gasteiger partial charge is 0.144 e. The van der Waals surface area contributed by atoms with E-state index in [2.05, 4.69) is 39.7 Å². The number of aromatic nitrogens is 6. The Labute approximate surface area is 104 Å². The summed E-state index contributed by atoms with van der Waals surface area (Å²) in [7, 11) is 0. The molecule has 3 aromatic rings. The van der Waals surface area contributed by atoms with Gasteiger partial charge in [0.05, 0.1) is 18.9 Å². The second-order valence-corrected chi connectivity index (χ2v) is 4.08. The number of benzene rings is 1. The van der Waals surface area contributed by atoms with E-state index >= 15 is 0 Å². The van der Waals surface area contributed by atoms with Crippen molar-refractivity contribution in [3.8, 4) is 5.69 Å². The molecule has 0 saturated heterocycles. The van der Waals surface area contributed by atoms with Gasteiger partial charge in [-0.05, 0) is 28.5 Å². The Morgan fingerprint density at radius 2 is 2.11 bits per heavy atom. The zero-order chi connectivity index (χ0) is 12.4. The molecule has 0 spiro atoms. The Bertz CT molecular complexity index is 640. The summed E-state index contributed by atoms with van der Waals surface area (Å²) in [6.45, 7) is 2.84. The molecule has 6 heteroatoms. The molecule has 0 saturated carbocycles. The van der Waals surface area contributed by atoms with Gasteiger partial charge in [0.25, 0.3) is 0 Å². The summed E-state index contributed by atoms with van der Waals surface area (Å²) in [4.78, 5) is 0. The highest BCUT2D eigenvalue weighted by atomic mass is 15.5. The van der Waals surface area contributed by atoms with Gasteiger partial charge in [0, 0.05) is 0 Å². The van der Waals surface area contributed by atoms with Crippen LogP contribution in [0.15, 0.2) is 43.0 Å². The summed E-state index contributed by atoms with van der Waals surface area (Å²) >= 11 is 0. The van der Waals surface area contributed by atoms with E-state index in [0.717, 1.165) is 12.2 Å². The first-order valence-electron chi connectivity index (χ1n) is 5.63. The van der Waals surface area contributed by atoms with E-state index in [9.17, 15) is 0 Å². The monoisotopic (exact) mass is 240 g/mol. The van der Waals surface area contributed by atoms with Crippen molar-refractivity contribution in [1.82, 2.24) is 30.0 Å². The van der Waals surface area contributed by atoms with Crippen molar-refractivity contribution >= 4 is 0 Å². The summed E-state index contributed by atoms with van der Waals surface area (Å²) in [5.74, 6) is 0. The Morgan fingerprint density at radius 1 is 1.22 bits per heavy atom. The Balaban J connectivity index is 1.85. The molecule has 18 heavy (non-hydrogen) atoms. The van der Waals surface area contributed by atoms with Crippen molar-refractivity contribution in [1.29, 1.82) is 0 Å². The van der Waals surface area contributed by atoms with Crippen molar-refractivity contribution in [2.75, 3.05) is 0 Å². The van der Waals surface area contributed by atoms with Crippen LogP contribution in [0.3, 0.4) is 0 Å². The molecular weight excluding hydrogens is 228 g/mol. The average molecular weight is 240 g/mol. The molecule has 0 aliphatic heterocycles. The van der Waals surface area contributed by atoms with E-state index in [1.807, 2.05) is 23.0 Å². The predicted molar refractivity (Wildman–Crippen MR) is 65.2 cm³/mol. The lowest BCUT2D eigenvalue weighted by Gasteiger charge is -2.04. The molecule has 2 heterocycles. The Morgan fingerprint density at radius 3 is 2.89 bits per heavy atom. The first-order chi connectivity index (χ1) is 8.83. The summed E-state index contributed by atoms with van der Waals surface area (Å²) in [5, 5.41) is 15.3. The SMILES string of the molecule is Cc1ccccc1Cn1cc(-n2cnnn2)cn1. The van der Waals surface area contributed by atoms with E-state index < -0.39 is 0 Å². The molecule has 0 N–H and O–H groups in total. The minimum Gasteiger partial charge on any atom is -0.266 e. The van der Waals surface area contributed by atoms with Crippen LogP contribution in [0.2, 0.25) is 0 Å². The van der Waals surface area contributed by atoms with Gasteiger partial charge in [-0.15, -0.1) is 5.10 Å². The van der Waals surface area contributed by atoms with E-state index in [1.165, 1.54) is 11.1 Å². The summed E-state index contributed by atoms with van der Waals surface area (Å²) in [6, 6.07) is 8.28. The van der Waals surface area contributed by atoms with Crippen LogP contribution in [-0.2, 0) is 6.54 Å². The maximum Gasteiger partial charge on any atom is 0.144 e. The highest BCUT2D eigenvalue weighted by Gasteiger charge is 2.03. The van der Waals surface area contributed by atoms with Gasteiger partial charge < -0.3 is 0 Å². The molecule has 0 amide bonds. The van der Waals surface area contributed by atoms with Crippen LogP contribution >= 0.6 is 0 Å². The van der Waals surface area contributed by atoms with E-state index in [4.69, 9.17) is 0 Å². The molecule has 90 valence electrons. The van der Waals surface area contributed by atoms with Crippen molar-refractivity contribution < 1.29 is 0 Å². The van der Waals surface area contributed by atoms with Gasteiger partial charge in [0.2, 0.25) is 0 Å². The maximum absolute atomic E-state index is 4.31. The van der Waals surface area contributed by atoms with Crippen LogP contribution in [0.5, 0.6) is 0 Å². The van der Waals surface area contributed by atoms with Gasteiger partial charge in [0.1, 0.15) is 12.0 Å². The van der Waals surface area contributed by atoms with Crippen LogP contribution in [0.25, 0.3) is 5.69 Å². The van der Waals surface area contributed by atoms with Crippen molar-refractivity contribution in [3.05, 3.63) is 54.1 Å². The van der Waals surface area contributed by atoms with E-state index in [0.29, 0.717) is 0 Å². The van der Waals surface area contributed by atoms with Crippen molar-refractivity contribution in [2.45, 2.75) is 13.5 Å². The molecule has 0 fully saturated rings. The Hall–Kier alpha value is -2.50. The number of rotatable bonds is 3. The third kappa shape index (κ3) is 2.00. The highest BCUT2D eigenvalue weighted by molar-refractivity contribution is 5.27. The molecule has 3 rings (SSSR count). The molecule has 0 atom stereocenters. The van der Waals surface area contributed by atoms with Gasteiger partial charge in [-0.2, -0.15) is 9.78 Å². The zero-order valence-corrected chi connectivity index (χ0v) is 9.93. The maximum atomic E-state index is 4.31. The fourth-order valence-corrected chi connectivity index (χ4v) is 1.80. The molecule has 0 aliphatic carbocycles. The quantitative estimate of drug-likeness (QED) is 0.690. The lowest BCUT2D eigenvalue weighted by Crippen LogP contribution is -2.01. The number of tetrazole rings is 1. The lowest BCUT2D eigenvalue weighted by molar-refractivity contribution is 0.682. The summed E-state index contributed by atoms with van der Waals surface area (Å²) < 4.78 is 3.46. The second-order valence-electron chi connectivity index (χ2n) is 4.08. The predicted octanol–water partition coefficient (Wildman–Crippen LogP) is 1.22. The normalized spacial score (nSPS) is 10.7. The van der Waals surface area contributed by atoms with Gasteiger partial charge in [-0.25, -0.2) is 0 Å². The topological polar surface area (TPSA) is 61.4 Å². The minimum atomic E-state index is 0.745. The summed E-state index contributed by atoms with van der Waals surface area (Å²) in [6.07, 6.45) is 5.21. The highest BCUT2D eigenvalue weighted by Crippen LogP contribution is 2.10. The van der Waals surface area contributed by atoms with E-state index in [-0.39, 0.29) is 0 Å². The molecule has 0 radical (unpaired) electrons. The average Bonchev–Trinajstić information content (AvgIpc) is 3.02. The number of hydrogen-bond donors (Lipinski definition) is 0. The molecule has 6 nitrogen and oxygen atoms in total.